The summed E-state index contributed by atoms with van der Waals surface area (Å²) < 4.78 is 54.8. The van der Waals surface area contributed by atoms with Gasteiger partial charge in [0.25, 0.3) is 0 Å². The molecule has 3 aromatic carbocycles. The molecule has 0 saturated heterocycles. The van der Waals surface area contributed by atoms with E-state index >= 15 is 0 Å². The molecule has 0 aromatic heterocycles. The van der Waals surface area contributed by atoms with Crippen molar-refractivity contribution in [2.24, 2.45) is 5.92 Å². The fourth-order valence-electron chi connectivity index (χ4n) is 4.64. The van der Waals surface area contributed by atoms with Gasteiger partial charge in [-0.05, 0) is 91.5 Å². The molecular formula is C31H31F3O2. The number of allylic oxidation sites excluding steroid dienone is 2. The van der Waals surface area contributed by atoms with Gasteiger partial charge in [0, 0.05) is 5.56 Å². The Bertz CT molecular complexity index is 1230. The first kappa shape index (κ1) is 25.6. The lowest BCUT2D eigenvalue weighted by molar-refractivity contribution is 0.340. The van der Waals surface area contributed by atoms with Crippen LogP contribution in [0.3, 0.4) is 0 Å². The number of ether oxygens (including phenoxy) is 2. The second kappa shape index (κ2) is 12.0. The minimum Gasteiger partial charge on any atom is -0.494 e. The van der Waals surface area contributed by atoms with Crippen LogP contribution < -0.4 is 9.47 Å². The third-order valence-corrected chi connectivity index (χ3v) is 6.64. The van der Waals surface area contributed by atoms with Crippen LogP contribution in [0.5, 0.6) is 11.5 Å². The van der Waals surface area contributed by atoms with E-state index in [0.717, 1.165) is 36.8 Å². The quantitative estimate of drug-likeness (QED) is 0.264. The van der Waals surface area contributed by atoms with Crippen LogP contribution >= 0.6 is 0 Å². The van der Waals surface area contributed by atoms with Gasteiger partial charge in [-0.2, -0.15) is 0 Å². The van der Waals surface area contributed by atoms with Gasteiger partial charge in [-0.1, -0.05) is 49.1 Å². The molecule has 4 rings (SSSR count). The predicted octanol–water partition coefficient (Wildman–Crippen LogP) is 8.55. The Morgan fingerprint density at radius 1 is 0.944 bits per heavy atom. The maximum Gasteiger partial charge on any atom is 0.166 e. The zero-order valence-electron chi connectivity index (χ0n) is 20.5. The highest BCUT2D eigenvalue weighted by Crippen LogP contribution is 2.35. The molecule has 0 amide bonds. The van der Waals surface area contributed by atoms with E-state index in [1.165, 1.54) is 6.07 Å². The molecule has 0 radical (unpaired) electrons. The summed E-state index contributed by atoms with van der Waals surface area (Å²) in [5, 5.41) is 0. The Kier molecular flexibility index (Phi) is 8.52. The first-order chi connectivity index (χ1) is 17.5. The van der Waals surface area contributed by atoms with E-state index in [1.807, 2.05) is 13.0 Å². The van der Waals surface area contributed by atoms with Crippen LogP contribution in [0.15, 0.2) is 73.3 Å². The van der Waals surface area contributed by atoms with Crippen molar-refractivity contribution in [3.8, 4) is 22.6 Å². The number of benzene rings is 3. The third-order valence-electron chi connectivity index (χ3n) is 6.64. The van der Waals surface area contributed by atoms with Crippen LogP contribution in [0.1, 0.15) is 43.7 Å². The molecule has 0 heterocycles. The van der Waals surface area contributed by atoms with Gasteiger partial charge in [-0.15, -0.1) is 0 Å². The summed E-state index contributed by atoms with van der Waals surface area (Å²) in [4.78, 5) is 0. The van der Waals surface area contributed by atoms with Gasteiger partial charge in [-0.3, -0.25) is 0 Å². The second-order valence-corrected chi connectivity index (χ2v) is 9.01. The van der Waals surface area contributed by atoms with Gasteiger partial charge >= 0.3 is 0 Å². The topological polar surface area (TPSA) is 18.5 Å². The van der Waals surface area contributed by atoms with Crippen LogP contribution in [0.2, 0.25) is 0 Å². The summed E-state index contributed by atoms with van der Waals surface area (Å²) in [5.74, 6) is -0.683. The van der Waals surface area contributed by atoms with E-state index in [0.29, 0.717) is 35.8 Å². The number of hydrogen-bond donors (Lipinski definition) is 0. The Morgan fingerprint density at radius 2 is 1.72 bits per heavy atom. The molecule has 188 valence electrons. The minimum absolute atomic E-state index is 0.218. The zero-order valence-corrected chi connectivity index (χ0v) is 20.5. The standard InChI is InChI=1S/C31H31F3O2/c1-3-19-36-29-18-14-25(20-28(29)32)22-8-5-21(6-9-22)7-10-24-13-17-27(31(34)30(24)33)23-11-15-26(16-12-23)35-4-2/h3,8,11-18,20-21H,1,4-7,9-10,19H2,2H3. The van der Waals surface area contributed by atoms with Gasteiger partial charge in [0.2, 0.25) is 0 Å². The van der Waals surface area contributed by atoms with Gasteiger partial charge in [0.1, 0.15) is 12.4 Å². The van der Waals surface area contributed by atoms with Crippen molar-refractivity contribution >= 4 is 5.57 Å². The number of halogens is 3. The summed E-state index contributed by atoms with van der Waals surface area (Å²) >= 11 is 0. The molecule has 3 aromatic rings. The van der Waals surface area contributed by atoms with Crippen LogP contribution in [-0.4, -0.2) is 13.2 Å². The monoisotopic (exact) mass is 492 g/mol. The molecule has 5 heteroatoms. The Hall–Kier alpha value is -3.47. The maximum absolute atomic E-state index is 14.9. The van der Waals surface area contributed by atoms with Gasteiger partial charge in [-0.25, -0.2) is 13.2 Å². The average Bonchev–Trinajstić information content (AvgIpc) is 2.90. The fraction of sp³-hybridized carbons (Fsp3) is 0.290. The van der Waals surface area contributed by atoms with E-state index in [1.54, 1.807) is 48.5 Å². The number of aryl methyl sites for hydroxylation is 1. The number of rotatable bonds is 10. The second-order valence-electron chi connectivity index (χ2n) is 9.01. The van der Waals surface area contributed by atoms with E-state index in [4.69, 9.17) is 9.47 Å². The summed E-state index contributed by atoms with van der Waals surface area (Å²) in [6.45, 7) is 6.27. The first-order valence-corrected chi connectivity index (χ1v) is 12.4. The minimum atomic E-state index is -0.815. The van der Waals surface area contributed by atoms with Crippen LogP contribution in [0.25, 0.3) is 16.7 Å². The highest BCUT2D eigenvalue weighted by atomic mass is 19.2. The van der Waals surface area contributed by atoms with Crippen molar-refractivity contribution in [2.75, 3.05) is 13.2 Å². The fourth-order valence-corrected chi connectivity index (χ4v) is 4.64. The van der Waals surface area contributed by atoms with Gasteiger partial charge in [0.15, 0.2) is 23.2 Å². The van der Waals surface area contributed by atoms with Crippen molar-refractivity contribution in [3.05, 3.63) is 102 Å². The molecule has 0 bridgehead atoms. The molecule has 1 unspecified atom stereocenters. The Labute approximate surface area is 211 Å². The first-order valence-electron chi connectivity index (χ1n) is 12.4. The van der Waals surface area contributed by atoms with Crippen LogP contribution in [0, 0.1) is 23.4 Å². The predicted molar refractivity (Wildman–Crippen MR) is 139 cm³/mol. The molecule has 1 aliphatic rings. The normalized spacial score (nSPS) is 15.3. The average molecular weight is 493 g/mol. The maximum atomic E-state index is 14.9. The smallest absolute Gasteiger partial charge is 0.166 e. The Morgan fingerprint density at radius 3 is 2.39 bits per heavy atom. The molecule has 0 spiro atoms. The molecule has 0 N–H and O–H groups in total. The van der Waals surface area contributed by atoms with E-state index in [2.05, 4.69) is 12.7 Å². The highest BCUT2D eigenvalue weighted by Gasteiger charge is 2.19. The van der Waals surface area contributed by atoms with Crippen LogP contribution in [0.4, 0.5) is 13.2 Å². The molecule has 1 atom stereocenters. The van der Waals surface area contributed by atoms with Gasteiger partial charge in [0.05, 0.1) is 6.61 Å². The summed E-state index contributed by atoms with van der Waals surface area (Å²) in [6, 6.07) is 15.4. The molecule has 0 aliphatic heterocycles. The van der Waals surface area contributed by atoms with Crippen LogP contribution in [-0.2, 0) is 6.42 Å². The molecule has 0 fully saturated rings. The van der Waals surface area contributed by atoms with Crippen molar-refractivity contribution in [2.45, 2.75) is 39.0 Å². The lowest BCUT2D eigenvalue weighted by atomic mass is 9.83. The van der Waals surface area contributed by atoms with Crippen molar-refractivity contribution < 1.29 is 22.6 Å². The van der Waals surface area contributed by atoms with Gasteiger partial charge < -0.3 is 9.47 Å². The molecule has 36 heavy (non-hydrogen) atoms. The van der Waals surface area contributed by atoms with Crippen molar-refractivity contribution in [1.29, 1.82) is 0 Å². The van der Waals surface area contributed by atoms with Crippen molar-refractivity contribution in [3.63, 3.8) is 0 Å². The molecule has 0 saturated carbocycles. The third kappa shape index (κ3) is 6.01. The van der Waals surface area contributed by atoms with E-state index in [9.17, 15) is 13.2 Å². The zero-order chi connectivity index (χ0) is 25.5. The van der Waals surface area contributed by atoms with Crippen molar-refractivity contribution in [1.82, 2.24) is 0 Å². The summed E-state index contributed by atoms with van der Waals surface area (Å²) in [5.41, 5.74) is 3.22. The van der Waals surface area contributed by atoms with E-state index in [-0.39, 0.29) is 23.7 Å². The molecular weight excluding hydrogens is 461 g/mol. The summed E-state index contributed by atoms with van der Waals surface area (Å²) in [7, 11) is 0. The largest absolute Gasteiger partial charge is 0.494 e. The molecule has 2 nitrogen and oxygen atoms in total. The highest BCUT2D eigenvalue weighted by molar-refractivity contribution is 5.67. The summed E-state index contributed by atoms with van der Waals surface area (Å²) in [6.07, 6.45) is 7.54. The lowest BCUT2D eigenvalue weighted by Crippen LogP contribution is -2.08. The van der Waals surface area contributed by atoms with E-state index < -0.39 is 11.6 Å². The lowest BCUT2D eigenvalue weighted by Gasteiger charge is -2.22. The SMILES string of the molecule is C=CCOc1ccc(C2=CCC(CCc3ccc(-c4ccc(OCC)cc4)c(F)c3F)CC2)cc1F. The number of hydrogen-bond acceptors (Lipinski definition) is 2. The Balaban J connectivity index is 1.36. The molecule has 1 aliphatic carbocycles.